The van der Waals surface area contributed by atoms with Crippen LogP contribution in [0.1, 0.15) is 26.0 Å². The first kappa shape index (κ1) is 15.6. The summed E-state index contributed by atoms with van der Waals surface area (Å²) < 4.78 is 0. The molecule has 0 saturated heterocycles. The number of aromatic nitrogens is 2. The van der Waals surface area contributed by atoms with Gasteiger partial charge in [-0.25, -0.2) is 4.98 Å². The van der Waals surface area contributed by atoms with Gasteiger partial charge in [-0.3, -0.25) is 10.1 Å². The number of nitrogens with one attached hydrogen (secondary N) is 1. The van der Waals surface area contributed by atoms with Gasteiger partial charge in [0.1, 0.15) is 5.69 Å². The van der Waals surface area contributed by atoms with E-state index in [-0.39, 0.29) is 17.9 Å². The topological polar surface area (TPSA) is 108 Å². The number of nitro groups is 1. The van der Waals surface area contributed by atoms with E-state index in [1.807, 2.05) is 19.9 Å². The SMILES string of the molecule is CCNc1nc(C)c([N+](=O)[O-])c(N(CC)CCC#N)n1. The van der Waals surface area contributed by atoms with Crippen LogP contribution in [0.25, 0.3) is 0 Å². The maximum atomic E-state index is 11.2. The molecule has 0 amide bonds. The third-order valence-electron chi connectivity index (χ3n) is 2.73. The second-order valence-electron chi connectivity index (χ2n) is 4.08. The van der Waals surface area contributed by atoms with Gasteiger partial charge in [0.2, 0.25) is 11.8 Å². The van der Waals surface area contributed by atoms with Crippen LogP contribution in [0.4, 0.5) is 17.5 Å². The molecule has 0 atom stereocenters. The van der Waals surface area contributed by atoms with Gasteiger partial charge in [-0.1, -0.05) is 0 Å². The Morgan fingerprint density at radius 1 is 1.45 bits per heavy atom. The zero-order valence-corrected chi connectivity index (χ0v) is 11.9. The predicted octanol–water partition coefficient (Wildman–Crippen LogP) is 1.86. The molecule has 0 unspecified atom stereocenters. The quantitative estimate of drug-likeness (QED) is 0.599. The molecule has 1 N–H and O–H groups in total. The van der Waals surface area contributed by atoms with Crippen LogP contribution in [-0.4, -0.2) is 34.5 Å². The van der Waals surface area contributed by atoms with Crippen molar-refractivity contribution in [2.24, 2.45) is 0 Å². The second-order valence-corrected chi connectivity index (χ2v) is 4.08. The first-order chi connectivity index (χ1) is 9.54. The Balaban J connectivity index is 3.30. The molecule has 0 aliphatic heterocycles. The first-order valence-corrected chi connectivity index (χ1v) is 6.43. The van der Waals surface area contributed by atoms with Crippen molar-refractivity contribution in [1.29, 1.82) is 5.26 Å². The average Bonchev–Trinajstić information content (AvgIpc) is 2.39. The van der Waals surface area contributed by atoms with E-state index in [1.54, 1.807) is 11.8 Å². The number of rotatable bonds is 7. The maximum Gasteiger partial charge on any atom is 0.332 e. The molecule has 0 spiro atoms. The van der Waals surface area contributed by atoms with E-state index < -0.39 is 4.92 Å². The molecule has 8 nitrogen and oxygen atoms in total. The number of anilines is 2. The van der Waals surface area contributed by atoms with Crippen molar-refractivity contribution in [1.82, 2.24) is 9.97 Å². The lowest BCUT2D eigenvalue weighted by atomic mass is 10.3. The first-order valence-electron chi connectivity index (χ1n) is 6.43. The largest absolute Gasteiger partial charge is 0.354 e. The highest BCUT2D eigenvalue weighted by atomic mass is 16.6. The van der Waals surface area contributed by atoms with Crippen molar-refractivity contribution in [2.45, 2.75) is 27.2 Å². The Hall–Kier alpha value is -2.43. The van der Waals surface area contributed by atoms with E-state index in [0.29, 0.717) is 31.3 Å². The normalized spacial score (nSPS) is 9.90. The highest BCUT2D eigenvalue weighted by Gasteiger charge is 2.25. The average molecular weight is 278 g/mol. The van der Waals surface area contributed by atoms with Crippen LogP contribution in [-0.2, 0) is 0 Å². The molecule has 0 saturated carbocycles. The summed E-state index contributed by atoms with van der Waals surface area (Å²) in [7, 11) is 0. The third-order valence-corrected chi connectivity index (χ3v) is 2.73. The Labute approximate surface area is 117 Å². The van der Waals surface area contributed by atoms with Gasteiger partial charge in [0.25, 0.3) is 0 Å². The minimum atomic E-state index is -0.477. The number of hydrogen-bond acceptors (Lipinski definition) is 7. The fraction of sp³-hybridized carbons (Fsp3) is 0.583. The van der Waals surface area contributed by atoms with E-state index >= 15 is 0 Å². The van der Waals surface area contributed by atoms with E-state index in [0.717, 1.165) is 0 Å². The van der Waals surface area contributed by atoms with Gasteiger partial charge in [-0.15, -0.1) is 0 Å². The van der Waals surface area contributed by atoms with Crippen molar-refractivity contribution in [3.8, 4) is 6.07 Å². The summed E-state index contributed by atoms with van der Waals surface area (Å²) in [6, 6.07) is 2.03. The lowest BCUT2D eigenvalue weighted by Gasteiger charge is -2.21. The fourth-order valence-corrected chi connectivity index (χ4v) is 1.82. The van der Waals surface area contributed by atoms with E-state index in [9.17, 15) is 10.1 Å². The van der Waals surface area contributed by atoms with Gasteiger partial charge in [-0.05, 0) is 20.8 Å². The summed E-state index contributed by atoms with van der Waals surface area (Å²) in [5.41, 5.74) is 0.206. The van der Waals surface area contributed by atoms with Crippen molar-refractivity contribution < 1.29 is 4.92 Å². The molecule has 1 aromatic heterocycles. The minimum absolute atomic E-state index is 0.105. The van der Waals surface area contributed by atoms with Gasteiger partial charge >= 0.3 is 5.69 Å². The summed E-state index contributed by atoms with van der Waals surface area (Å²) in [6.07, 6.45) is 0.282. The van der Waals surface area contributed by atoms with Gasteiger partial charge in [-0.2, -0.15) is 10.2 Å². The number of nitrogens with zero attached hydrogens (tertiary/aromatic N) is 5. The van der Waals surface area contributed by atoms with E-state index in [1.165, 1.54) is 0 Å². The van der Waals surface area contributed by atoms with Crippen LogP contribution in [0.5, 0.6) is 0 Å². The van der Waals surface area contributed by atoms with Gasteiger partial charge in [0, 0.05) is 19.6 Å². The molecular weight excluding hydrogens is 260 g/mol. The molecule has 0 fully saturated rings. The fourth-order valence-electron chi connectivity index (χ4n) is 1.82. The molecule has 0 radical (unpaired) electrons. The predicted molar refractivity (Wildman–Crippen MR) is 75.7 cm³/mol. The molecule has 1 heterocycles. The van der Waals surface area contributed by atoms with Crippen LogP contribution < -0.4 is 10.2 Å². The number of aryl methyl sites for hydroxylation is 1. The Morgan fingerprint density at radius 2 is 2.15 bits per heavy atom. The summed E-state index contributed by atoms with van der Waals surface area (Å²) >= 11 is 0. The van der Waals surface area contributed by atoms with E-state index in [4.69, 9.17) is 5.26 Å². The Bertz CT molecular complexity index is 525. The summed E-state index contributed by atoms with van der Waals surface area (Å²) in [6.45, 7) is 6.90. The lowest BCUT2D eigenvalue weighted by molar-refractivity contribution is -0.385. The van der Waals surface area contributed by atoms with Crippen LogP contribution in [0.2, 0.25) is 0 Å². The van der Waals surface area contributed by atoms with Gasteiger partial charge in [0.05, 0.1) is 17.4 Å². The van der Waals surface area contributed by atoms with Crippen LogP contribution in [0, 0.1) is 28.4 Å². The van der Waals surface area contributed by atoms with E-state index in [2.05, 4.69) is 15.3 Å². The van der Waals surface area contributed by atoms with Crippen molar-refractivity contribution in [3.63, 3.8) is 0 Å². The Morgan fingerprint density at radius 3 is 2.65 bits per heavy atom. The Kier molecular flexibility index (Phi) is 5.65. The molecule has 20 heavy (non-hydrogen) atoms. The molecular formula is C12H18N6O2. The summed E-state index contributed by atoms with van der Waals surface area (Å²) in [5.74, 6) is 0.622. The molecule has 108 valence electrons. The van der Waals surface area contributed by atoms with Crippen LogP contribution in [0.15, 0.2) is 0 Å². The molecule has 8 heteroatoms. The highest BCUT2D eigenvalue weighted by Crippen LogP contribution is 2.29. The molecule has 1 rings (SSSR count). The number of nitriles is 1. The molecule has 0 aliphatic carbocycles. The zero-order chi connectivity index (χ0) is 15.1. The molecule has 1 aromatic rings. The summed E-state index contributed by atoms with van der Waals surface area (Å²) in [5, 5.41) is 22.8. The van der Waals surface area contributed by atoms with Crippen LogP contribution in [0.3, 0.4) is 0 Å². The third kappa shape index (κ3) is 3.54. The van der Waals surface area contributed by atoms with Crippen molar-refractivity contribution in [3.05, 3.63) is 15.8 Å². The zero-order valence-electron chi connectivity index (χ0n) is 11.9. The minimum Gasteiger partial charge on any atom is -0.354 e. The smallest absolute Gasteiger partial charge is 0.332 e. The lowest BCUT2D eigenvalue weighted by Crippen LogP contribution is -2.26. The molecule has 0 bridgehead atoms. The molecule has 0 aliphatic rings. The van der Waals surface area contributed by atoms with Gasteiger partial charge < -0.3 is 10.2 Å². The monoisotopic (exact) mass is 278 g/mol. The second kappa shape index (κ2) is 7.23. The highest BCUT2D eigenvalue weighted by molar-refractivity contribution is 5.62. The standard InChI is InChI=1S/C12H18N6O2/c1-4-14-12-15-9(3)10(18(19)20)11(16-12)17(5-2)8-6-7-13/h4-6,8H2,1-3H3,(H,14,15,16). The molecule has 0 aromatic carbocycles. The van der Waals surface area contributed by atoms with Crippen molar-refractivity contribution in [2.75, 3.05) is 29.9 Å². The van der Waals surface area contributed by atoms with Gasteiger partial charge in [0.15, 0.2) is 0 Å². The summed E-state index contributed by atoms with van der Waals surface area (Å²) in [4.78, 5) is 20.8. The maximum absolute atomic E-state index is 11.2. The van der Waals surface area contributed by atoms with Crippen LogP contribution >= 0.6 is 0 Å². The number of hydrogen-bond donors (Lipinski definition) is 1. The van der Waals surface area contributed by atoms with Crippen molar-refractivity contribution >= 4 is 17.5 Å².